The summed E-state index contributed by atoms with van der Waals surface area (Å²) in [4.78, 5) is 35.2. The molecule has 2 heterocycles. The van der Waals surface area contributed by atoms with Crippen molar-refractivity contribution in [3.8, 4) is 5.75 Å². The molecule has 1 fully saturated rings. The van der Waals surface area contributed by atoms with E-state index >= 15 is 0 Å². The summed E-state index contributed by atoms with van der Waals surface area (Å²) in [5, 5.41) is 3.01. The van der Waals surface area contributed by atoms with Crippen LogP contribution in [0.5, 0.6) is 5.75 Å². The quantitative estimate of drug-likeness (QED) is 0.543. The van der Waals surface area contributed by atoms with E-state index in [0.717, 1.165) is 35.1 Å². The average Bonchev–Trinajstić information content (AvgIpc) is 3.23. The van der Waals surface area contributed by atoms with Crippen molar-refractivity contribution in [1.82, 2.24) is 19.7 Å². The third-order valence-electron chi connectivity index (χ3n) is 5.53. The standard InChI is InChI=1S/C24H32N4O3S/c1-4-27(5-2)24(30)16-26-12-14-28(15-13-26)23(29)11-10-20-8-6-7-9-22(20)31-17-21-18-32-19(3)25-21/h6-11,18H,4-5,12-17H2,1-3H3/b11-10+. The smallest absolute Gasteiger partial charge is 0.246 e. The highest BCUT2D eigenvalue weighted by Crippen LogP contribution is 2.21. The minimum absolute atomic E-state index is 0.0235. The topological polar surface area (TPSA) is 66.0 Å². The molecule has 1 saturated heterocycles. The summed E-state index contributed by atoms with van der Waals surface area (Å²) in [6, 6.07) is 7.67. The van der Waals surface area contributed by atoms with Crippen LogP contribution in [0.1, 0.15) is 30.1 Å². The Hall–Kier alpha value is -2.71. The molecule has 0 radical (unpaired) electrons. The number of ether oxygens (including phenoxy) is 1. The summed E-state index contributed by atoms with van der Waals surface area (Å²) in [5.74, 6) is 0.852. The van der Waals surface area contributed by atoms with Crippen LogP contribution in [0.2, 0.25) is 0 Å². The lowest BCUT2D eigenvalue weighted by molar-refractivity contribution is -0.133. The Morgan fingerprint density at radius 1 is 1.16 bits per heavy atom. The second-order valence-corrected chi connectivity index (χ2v) is 8.75. The van der Waals surface area contributed by atoms with Crippen molar-refractivity contribution in [1.29, 1.82) is 0 Å². The molecule has 0 unspecified atom stereocenters. The molecule has 1 aliphatic heterocycles. The van der Waals surface area contributed by atoms with Crippen LogP contribution in [0.25, 0.3) is 6.08 Å². The molecule has 0 bridgehead atoms. The van der Waals surface area contributed by atoms with Crippen molar-refractivity contribution in [2.24, 2.45) is 0 Å². The molecule has 1 aliphatic rings. The van der Waals surface area contributed by atoms with E-state index in [0.29, 0.717) is 39.3 Å². The van der Waals surface area contributed by atoms with Gasteiger partial charge >= 0.3 is 0 Å². The lowest BCUT2D eigenvalue weighted by Crippen LogP contribution is -2.51. The number of aromatic nitrogens is 1. The van der Waals surface area contributed by atoms with Crippen molar-refractivity contribution < 1.29 is 14.3 Å². The van der Waals surface area contributed by atoms with Crippen LogP contribution in [0.4, 0.5) is 0 Å². The van der Waals surface area contributed by atoms with Gasteiger partial charge in [0.25, 0.3) is 0 Å². The Bertz CT molecular complexity index is 931. The predicted octanol–water partition coefficient (Wildman–Crippen LogP) is 3.06. The van der Waals surface area contributed by atoms with Gasteiger partial charge in [-0.3, -0.25) is 14.5 Å². The van der Waals surface area contributed by atoms with E-state index in [9.17, 15) is 9.59 Å². The second kappa shape index (κ2) is 11.8. The molecule has 2 aromatic rings. The van der Waals surface area contributed by atoms with Crippen molar-refractivity contribution in [2.75, 3.05) is 45.8 Å². The first-order valence-electron chi connectivity index (χ1n) is 11.1. The lowest BCUT2D eigenvalue weighted by Gasteiger charge is -2.34. The maximum Gasteiger partial charge on any atom is 0.246 e. The maximum atomic E-state index is 12.7. The van der Waals surface area contributed by atoms with Gasteiger partial charge in [0.1, 0.15) is 12.4 Å². The van der Waals surface area contributed by atoms with E-state index < -0.39 is 0 Å². The largest absolute Gasteiger partial charge is 0.487 e. The molecule has 32 heavy (non-hydrogen) atoms. The highest BCUT2D eigenvalue weighted by atomic mass is 32.1. The molecular formula is C24H32N4O3S. The zero-order chi connectivity index (χ0) is 22.9. The van der Waals surface area contributed by atoms with Crippen molar-refractivity contribution in [2.45, 2.75) is 27.4 Å². The molecule has 1 aromatic carbocycles. The number of benzene rings is 1. The molecule has 0 spiro atoms. The Balaban J connectivity index is 1.51. The Kier molecular flexibility index (Phi) is 8.81. The number of nitrogens with zero attached hydrogens (tertiary/aromatic N) is 4. The number of aryl methyl sites for hydroxylation is 1. The Morgan fingerprint density at radius 3 is 2.53 bits per heavy atom. The number of hydrogen-bond acceptors (Lipinski definition) is 6. The number of piperazine rings is 1. The maximum absolute atomic E-state index is 12.7. The first-order valence-corrected chi connectivity index (χ1v) is 12.0. The minimum atomic E-state index is -0.0235. The van der Waals surface area contributed by atoms with E-state index in [4.69, 9.17) is 4.74 Å². The number of carbonyl (C=O) groups is 2. The van der Waals surface area contributed by atoms with Crippen LogP contribution >= 0.6 is 11.3 Å². The summed E-state index contributed by atoms with van der Waals surface area (Å²) in [7, 11) is 0. The van der Waals surface area contributed by atoms with E-state index in [-0.39, 0.29) is 11.8 Å². The number of thiazole rings is 1. The van der Waals surface area contributed by atoms with Gasteiger partial charge in [-0.15, -0.1) is 11.3 Å². The third kappa shape index (κ3) is 6.64. The van der Waals surface area contributed by atoms with E-state index in [2.05, 4.69) is 9.88 Å². The summed E-state index contributed by atoms with van der Waals surface area (Å²) in [6.45, 7) is 10.9. The highest BCUT2D eigenvalue weighted by molar-refractivity contribution is 7.09. The fraction of sp³-hybridized carbons (Fsp3) is 0.458. The fourth-order valence-electron chi connectivity index (χ4n) is 3.64. The molecule has 8 heteroatoms. The summed E-state index contributed by atoms with van der Waals surface area (Å²) < 4.78 is 5.93. The normalized spacial score (nSPS) is 14.7. The SMILES string of the molecule is CCN(CC)C(=O)CN1CCN(C(=O)/C=C/c2ccccc2OCc2csc(C)n2)CC1. The van der Waals surface area contributed by atoms with Gasteiger partial charge in [-0.05, 0) is 32.9 Å². The van der Waals surface area contributed by atoms with Gasteiger partial charge in [0, 0.05) is 56.3 Å². The Morgan fingerprint density at radius 2 is 1.88 bits per heavy atom. The van der Waals surface area contributed by atoms with Crippen LogP contribution in [0.3, 0.4) is 0 Å². The molecule has 1 aromatic heterocycles. The third-order valence-corrected chi connectivity index (χ3v) is 6.35. The monoisotopic (exact) mass is 456 g/mol. The van der Waals surface area contributed by atoms with Gasteiger partial charge in [-0.2, -0.15) is 0 Å². The van der Waals surface area contributed by atoms with Gasteiger partial charge in [-0.1, -0.05) is 18.2 Å². The van der Waals surface area contributed by atoms with Crippen LogP contribution in [0, 0.1) is 6.92 Å². The zero-order valence-electron chi connectivity index (χ0n) is 19.1. The first-order chi connectivity index (χ1) is 15.5. The average molecular weight is 457 g/mol. The predicted molar refractivity (Wildman–Crippen MR) is 128 cm³/mol. The highest BCUT2D eigenvalue weighted by Gasteiger charge is 2.22. The fourth-order valence-corrected chi connectivity index (χ4v) is 4.23. The lowest BCUT2D eigenvalue weighted by atomic mass is 10.2. The first kappa shape index (κ1) is 23.9. The molecule has 0 aliphatic carbocycles. The summed E-state index contributed by atoms with van der Waals surface area (Å²) in [5.41, 5.74) is 1.76. The van der Waals surface area contributed by atoms with Gasteiger partial charge in [0.15, 0.2) is 0 Å². The van der Waals surface area contributed by atoms with Gasteiger partial charge in [0.2, 0.25) is 11.8 Å². The van der Waals surface area contributed by atoms with Crippen LogP contribution in [-0.4, -0.2) is 77.3 Å². The molecule has 0 N–H and O–H groups in total. The van der Waals surface area contributed by atoms with Gasteiger partial charge < -0.3 is 14.5 Å². The molecule has 0 saturated carbocycles. The van der Waals surface area contributed by atoms with Crippen molar-refractivity contribution in [3.05, 3.63) is 52.0 Å². The van der Waals surface area contributed by atoms with Crippen molar-refractivity contribution in [3.63, 3.8) is 0 Å². The molecule has 2 amide bonds. The number of hydrogen-bond donors (Lipinski definition) is 0. The number of carbonyl (C=O) groups excluding carboxylic acids is 2. The van der Waals surface area contributed by atoms with Gasteiger partial charge in [-0.25, -0.2) is 4.98 Å². The van der Waals surface area contributed by atoms with Gasteiger partial charge in [0.05, 0.1) is 17.2 Å². The number of rotatable bonds is 9. The summed E-state index contributed by atoms with van der Waals surface area (Å²) in [6.07, 6.45) is 3.41. The number of para-hydroxylation sites is 1. The van der Waals surface area contributed by atoms with E-state index in [1.807, 2.05) is 60.2 Å². The number of amides is 2. The molecule has 7 nitrogen and oxygen atoms in total. The van der Waals surface area contributed by atoms with E-state index in [1.54, 1.807) is 23.5 Å². The number of likely N-dealkylation sites (N-methyl/N-ethyl adjacent to an activating group) is 1. The summed E-state index contributed by atoms with van der Waals surface area (Å²) >= 11 is 1.60. The van der Waals surface area contributed by atoms with Crippen molar-refractivity contribution >= 4 is 29.2 Å². The second-order valence-electron chi connectivity index (χ2n) is 7.69. The molecule has 3 rings (SSSR count). The van der Waals surface area contributed by atoms with E-state index in [1.165, 1.54) is 0 Å². The zero-order valence-corrected chi connectivity index (χ0v) is 19.9. The molecule has 172 valence electrons. The van der Waals surface area contributed by atoms with Crippen LogP contribution in [0.15, 0.2) is 35.7 Å². The molecular weight excluding hydrogens is 424 g/mol. The Labute approximate surface area is 194 Å². The van der Waals surface area contributed by atoms with Crippen LogP contribution in [-0.2, 0) is 16.2 Å². The molecule has 0 atom stereocenters. The minimum Gasteiger partial charge on any atom is -0.487 e. The van der Waals surface area contributed by atoms with Crippen LogP contribution < -0.4 is 4.74 Å².